The number of nitrogens with one attached hydrogen (secondary N) is 1. The summed E-state index contributed by atoms with van der Waals surface area (Å²) in [4.78, 5) is 29.9. The Labute approximate surface area is 202 Å². The lowest BCUT2D eigenvalue weighted by atomic mass is 10.1. The van der Waals surface area contributed by atoms with Crippen molar-refractivity contribution >= 4 is 23.2 Å². The number of hydrogen-bond donors (Lipinski definition) is 1. The van der Waals surface area contributed by atoms with Crippen LogP contribution in [0.15, 0.2) is 59.1 Å². The van der Waals surface area contributed by atoms with Crippen LogP contribution in [0.3, 0.4) is 0 Å². The standard InChI is InChI=1S/C26H26N4O5/c1-29-23-11-17(30-13-20-10-18(30)14-33-20)7-8-24(23)34-15-22(26(29)32)27-25(31)21-12-19(35-28-21)9-16-5-3-2-4-6-16/h2-8,11-12,18,20,22H,9-10,13-15H2,1H3,(H,27,31)/t18?,20?,22-/m0/s1. The van der Waals surface area contributed by atoms with Gasteiger partial charge in [0.15, 0.2) is 5.69 Å². The molecule has 1 aromatic heterocycles. The summed E-state index contributed by atoms with van der Waals surface area (Å²) in [7, 11) is 1.70. The molecule has 1 N–H and O–H groups in total. The van der Waals surface area contributed by atoms with Crippen LogP contribution in [0.1, 0.15) is 28.2 Å². The molecule has 2 amide bonds. The molecule has 9 heteroatoms. The molecular weight excluding hydrogens is 448 g/mol. The lowest BCUT2D eigenvalue weighted by molar-refractivity contribution is -0.120. The van der Waals surface area contributed by atoms with Gasteiger partial charge in [-0.15, -0.1) is 0 Å². The zero-order chi connectivity index (χ0) is 23.9. The predicted octanol–water partition coefficient (Wildman–Crippen LogP) is 2.40. The third-order valence-electron chi connectivity index (χ3n) is 6.89. The topological polar surface area (TPSA) is 97.1 Å². The van der Waals surface area contributed by atoms with Gasteiger partial charge >= 0.3 is 0 Å². The van der Waals surface area contributed by atoms with E-state index in [9.17, 15) is 9.59 Å². The predicted molar refractivity (Wildman–Crippen MR) is 128 cm³/mol. The van der Waals surface area contributed by atoms with Crippen LogP contribution >= 0.6 is 0 Å². The summed E-state index contributed by atoms with van der Waals surface area (Å²) in [6.45, 7) is 1.61. The summed E-state index contributed by atoms with van der Waals surface area (Å²) >= 11 is 0. The van der Waals surface area contributed by atoms with Crippen LogP contribution in [0.2, 0.25) is 0 Å². The number of nitrogens with zero attached hydrogens (tertiary/aromatic N) is 3. The molecule has 2 unspecified atom stereocenters. The average Bonchev–Trinajstić information content (AvgIpc) is 3.62. The van der Waals surface area contributed by atoms with Gasteiger partial charge < -0.3 is 29.1 Å². The van der Waals surface area contributed by atoms with E-state index in [2.05, 4.69) is 15.4 Å². The van der Waals surface area contributed by atoms with Crippen molar-refractivity contribution in [1.82, 2.24) is 10.5 Å². The highest BCUT2D eigenvalue weighted by molar-refractivity contribution is 6.03. The van der Waals surface area contributed by atoms with Crippen LogP contribution < -0.4 is 19.9 Å². The first-order valence-corrected chi connectivity index (χ1v) is 11.8. The monoisotopic (exact) mass is 474 g/mol. The number of carbonyl (C=O) groups is 2. The maximum atomic E-state index is 13.2. The smallest absolute Gasteiger partial charge is 0.274 e. The molecule has 0 spiro atoms. The Balaban J connectivity index is 1.15. The van der Waals surface area contributed by atoms with Crippen molar-refractivity contribution in [1.29, 1.82) is 0 Å². The molecule has 2 bridgehead atoms. The number of fused-ring (bicyclic) bond motifs is 3. The fraction of sp³-hybridized carbons (Fsp3) is 0.346. The number of carbonyl (C=O) groups excluding carboxylic acids is 2. The fourth-order valence-electron chi connectivity index (χ4n) is 5.02. The maximum absolute atomic E-state index is 13.2. The Morgan fingerprint density at radius 1 is 1.14 bits per heavy atom. The minimum atomic E-state index is -0.853. The number of hydrogen-bond acceptors (Lipinski definition) is 7. The van der Waals surface area contributed by atoms with E-state index in [1.807, 2.05) is 48.5 Å². The number of likely N-dealkylation sites (N-methyl/N-ethyl adjacent to an activating group) is 1. The van der Waals surface area contributed by atoms with Gasteiger partial charge in [0, 0.05) is 31.8 Å². The Hall–Kier alpha value is -3.85. The summed E-state index contributed by atoms with van der Waals surface area (Å²) in [5.41, 5.74) is 2.90. The van der Waals surface area contributed by atoms with E-state index in [1.54, 1.807) is 18.0 Å². The van der Waals surface area contributed by atoms with E-state index in [-0.39, 0.29) is 24.3 Å². The number of ether oxygens (including phenoxy) is 2. The number of aromatic nitrogens is 1. The molecule has 35 heavy (non-hydrogen) atoms. The number of anilines is 2. The zero-order valence-electron chi connectivity index (χ0n) is 19.3. The van der Waals surface area contributed by atoms with Crippen molar-refractivity contribution in [3.05, 3.63) is 71.6 Å². The Kier molecular flexibility index (Phi) is 5.41. The van der Waals surface area contributed by atoms with Crippen molar-refractivity contribution < 1.29 is 23.6 Å². The first kappa shape index (κ1) is 21.7. The third kappa shape index (κ3) is 4.12. The van der Waals surface area contributed by atoms with Crippen molar-refractivity contribution in [3.63, 3.8) is 0 Å². The number of benzene rings is 2. The van der Waals surface area contributed by atoms with Crippen molar-refractivity contribution in [2.24, 2.45) is 0 Å². The first-order valence-electron chi connectivity index (χ1n) is 11.8. The molecule has 6 rings (SSSR count). The van der Waals surface area contributed by atoms with Crippen LogP contribution in [-0.2, 0) is 16.0 Å². The van der Waals surface area contributed by atoms with Crippen molar-refractivity contribution in [3.8, 4) is 5.75 Å². The van der Waals surface area contributed by atoms with Crippen LogP contribution in [0.5, 0.6) is 5.75 Å². The van der Waals surface area contributed by atoms with E-state index in [4.69, 9.17) is 14.0 Å². The van der Waals surface area contributed by atoms with Gasteiger partial charge in [-0.3, -0.25) is 9.59 Å². The molecule has 2 fully saturated rings. The molecule has 2 aromatic carbocycles. The summed E-state index contributed by atoms with van der Waals surface area (Å²) in [5, 5.41) is 6.65. The van der Waals surface area contributed by atoms with E-state index >= 15 is 0 Å². The van der Waals surface area contributed by atoms with Crippen LogP contribution in [0, 0.1) is 0 Å². The summed E-state index contributed by atoms with van der Waals surface area (Å²) in [6.07, 6.45) is 1.84. The van der Waals surface area contributed by atoms with Crippen LogP contribution in [0.25, 0.3) is 0 Å². The molecule has 3 aliphatic rings. The second-order valence-electron chi connectivity index (χ2n) is 9.22. The van der Waals surface area contributed by atoms with Gasteiger partial charge in [0.2, 0.25) is 0 Å². The van der Waals surface area contributed by atoms with E-state index in [1.165, 1.54) is 0 Å². The van der Waals surface area contributed by atoms with E-state index in [0.29, 0.717) is 29.7 Å². The summed E-state index contributed by atoms with van der Waals surface area (Å²) in [6, 6.07) is 16.8. The highest BCUT2D eigenvalue weighted by Gasteiger charge is 2.39. The van der Waals surface area contributed by atoms with Crippen LogP contribution in [-0.4, -0.2) is 62.0 Å². The third-order valence-corrected chi connectivity index (χ3v) is 6.89. The van der Waals surface area contributed by atoms with Gasteiger partial charge in [0.1, 0.15) is 24.2 Å². The zero-order valence-corrected chi connectivity index (χ0v) is 19.3. The molecule has 0 aliphatic carbocycles. The van der Waals surface area contributed by atoms with Crippen LogP contribution in [0.4, 0.5) is 11.4 Å². The summed E-state index contributed by atoms with van der Waals surface area (Å²) < 4.78 is 17.0. The minimum Gasteiger partial charge on any atom is -0.489 e. The molecule has 180 valence electrons. The summed E-state index contributed by atoms with van der Waals surface area (Å²) in [5.74, 6) is 0.438. The van der Waals surface area contributed by atoms with Gasteiger partial charge in [-0.25, -0.2) is 0 Å². The Morgan fingerprint density at radius 2 is 2.00 bits per heavy atom. The molecule has 2 saturated heterocycles. The quantitative estimate of drug-likeness (QED) is 0.607. The average molecular weight is 475 g/mol. The lowest BCUT2D eigenvalue weighted by Gasteiger charge is -2.30. The number of morpholine rings is 1. The lowest BCUT2D eigenvalue weighted by Crippen LogP contribution is -2.49. The Morgan fingerprint density at radius 3 is 2.77 bits per heavy atom. The van der Waals surface area contributed by atoms with E-state index < -0.39 is 11.9 Å². The molecule has 9 nitrogen and oxygen atoms in total. The second kappa shape index (κ2) is 8.74. The molecule has 3 aromatic rings. The molecule has 0 saturated carbocycles. The maximum Gasteiger partial charge on any atom is 0.274 e. The molecule has 0 radical (unpaired) electrons. The van der Waals surface area contributed by atoms with Gasteiger partial charge in [-0.05, 0) is 30.2 Å². The molecule has 3 aliphatic heterocycles. The van der Waals surface area contributed by atoms with Crippen molar-refractivity contribution in [2.45, 2.75) is 31.0 Å². The normalized spacial score (nSPS) is 23.1. The minimum absolute atomic E-state index is 0.0260. The SMILES string of the molecule is CN1C(=O)[C@@H](NC(=O)c2cc(Cc3ccccc3)on2)COc2ccc(N3CC4CC3CO4)cc21. The molecule has 4 heterocycles. The molecular formula is C26H26N4O5. The second-order valence-corrected chi connectivity index (χ2v) is 9.22. The highest BCUT2D eigenvalue weighted by atomic mass is 16.5. The van der Waals surface area contributed by atoms with E-state index in [0.717, 1.165) is 30.8 Å². The number of amides is 2. The largest absolute Gasteiger partial charge is 0.489 e. The number of rotatable bonds is 5. The van der Waals surface area contributed by atoms with Gasteiger partial charge in [-0.2, -0.15) is 0 Å². The van der Waals surface area contributed by atoms with Gasteiger partial charge in [-0.1, -0.05) is 35.5 Å². The van der Waals surface area contributed by atoms with Crippen molar-refractivity contribution in [2.75, 3.05) is 36.6 Å². The first-order chi connectivity index (χ1) is 17.0. The molecule has 3 atom stereocenters. The Bertz CT molecular complexity index is 1260. The highest BCUT2D eigenvalue weighted by Crippen LogP contribution is 2.38. The van der Waals surface area contributed by atoms with Gasteiger partial charge in [0.25, 0.3) is 11.8 Å². The fourth-order valence-corrected chi connectivity index (χ4v) is 5.02. The van der Waals surface area contributed by atoms with Gasteiger partial charge in [0.05, 0.1) is 24.4 Å².